The number of thiophene rings is 1. The van der Waals surface area contributed by atoms with Gasteiger partial charge in [0.2, 0.25) is 0 Å². The van der Waals surface area contributed by atoms with E-state index in [1.165, 1.54) is 10.6 Å². The van der Waals surface area contributed by atoms with Crippen LogP contribution >= 0.6 is 23.1 Å². The Hall–Kier alpha value is -0.280. The Bertz CT molecular complexity index is 255. The van der Waals surface area contributed by atoms with Crippen LogP contribution in [0.1, 0.15) is 29.9 Å². The van der Waals surface area contributed by atoms with E-state index in [2.05, 4.69) is 13.8 Å². The fourth-order valence-corrected chi connectivity index (χ4v) is 2.98. The zero-order valence-corrected chi connectivity index (χ0v) is 8.87. The highest BCUT2D eigenvalue weighted by Gasteiger charge is 2.04. The Morgan fingerprint density at radius 2 is 2.42 bits per heavy atom. The fraction of sp³-hybridized carbons (Fsp3) is 0.444. The molecule has 3 heteroatoms. The van der Waals surface area contributed by atoms with E-state index in [1.54, 1.807) is 11.3 Å². The van der Waals surface area contributed by atoms with Crippen molar-refractivity contribution in [1.29, 1.82) is 0 Å². The van der Waals surface area contributed by atoms with Crippen LogP contribution in [-0.2, 0) is 0 Å². The van der Waals surface area contributed by atoms with Crippen molar-refractivity contribution in [3.8, 4) is 0 Å². The van der Waals surface area contributed by atoms with E-state index in [-0.39, 0.29) is 0 Å². The van der Waals surface area contributed by atoms with Crippen molar-refractivity contribution in [3.63, 3.8) is 0 Å². The van der Waals surface area contributed by atoms with Crippen LogP contribution in [0.2, 0.25) is 0 Å². The van der Waals surface area contributed by atoms with E-state index >= 15 is 0 Å². The second-order valence-corrected chi connectivity index (χ2v) is 5.47. The van der Waals surface area contributed by atoms with Gasteiger partial charge in [-0.15, -0.1) is 23.1 Å². The van der Waals surface area contributed by atoms with Gasteiger partial charge in [-0.2, -0.15) is 0 Å². The van der Waals surface area contributed by atoms with E-state index in [4.69, 9.17) is 0 Å². The average molecular weight is 200 g/mol. The van der Waals surface area contributed by atoms with Gasteiger partial charge in [0, 0.05) is 5.25 Å². The van der Waals surface area contributed by atoms with Crippen molar-refractivity contribution in [2.75, 3.05) is 0 Å². The van der Waals surface area contributed by atoms with Gasteiger partial charge < -0.3 is 0 Å². The molecular weight excluding hydrogens is 188 g/mol. The van der Waals surface area contributed by atoms with Gasteiger partial charge in [-0.25, -0.2) is 0 Å². The highest BCUT2D eigenvalue weighted by Crippen LogP contribution is 2.30. The molecule has 12 heavy (non-hydrogen) atoms. The first-order chi connectivity index (χ1) is 5.76. The molecule has 0 aromatic carbocycles. The number of hydrogen-bond donors (Lipinski definition) is 0. The summed E-state index contributed by atoms with van der Waals surface area (Å²) in [5.41, 5.74) is 0. The van der Waals surface area contributed by atoms with Crippen molar-refractivity contribution in [3.05, 3.63) is 17.0 Å². The summed E-state index contributed by atoms with van der Waals surface area (Å²) in [5, 5.41) is 0.642. The predicted molar refractivity (Wildman–Crippen MR) is 55.3 cm³/mol. The monoisotopic (exact) mass is 200 g/mol. The van der Waals surface area contributed by atoms with Gasteiger partial charge in [0.15, 0.2) is 6.29 Å². The maximum atomic E-state index is 10.4. The Kier molecular flexibility index (Phi) is 3.82. The van der Waals surface area contributed by atoms with Crippen LogP contribution in [0.15, 0.2) is 16.3 Å². The van der Waals surface area contributed by atoms with Crippen molar-refractivity contribution in [2.24, 2.45) is 0 Å². The standard InChI is InChI=1S/C9H12OS2/c1-3-7(2)11-9-5-4-8(6-10)12-9/h4-7H,3H2,1-2H3. The summed E-state index contributed by atoms with van der Waals surface area (Å²) in [6, 6.07) is 3.90. The molecule has 1 unspecified atom stereocenters. The number of thioether (sulfide) groups is 1. The summed E-state index contributed by atoms with van der Waals surface area (Å²) in [4.78, 5) is 11.2. The SMILES string of the molecule is CCC(C)Sc1ccc(C=O)s1. The fourth-order valence-electron chi connectivity index (χ4n) is 0.743. The molecule has 1 nitrogen and oxygen atoms in total. The van der Waals surface area contributed by atoms with Crippen LogP contribution in [0.5, 0.6) is 0 Å². The Morgan fingerprint density at radius 3 is 2.92 bits per heavy atom. The highest BCUT2D eigenvalue weighted by molar-refractivity contribution is 8.01. The molecule has 0 bridgehead atoms. The minimum Gasteiger partial charge on any atom is -0.297 e. The summed E-state index contributed by atoms with van der Waals surface area (Å²) in [7, 11) is 0. The predicted octanol–water partition coefficient (Wildman–Crippen LogP) is 3.45. The number of hydrogen-bond acceptors (Lipinski definition) is 3. The molecule has 0 fully saturated rings. The molecule has 0 saturated heterocycles. The quantitative estimate of drug-likeness (QED) is 0.547. The molecule has 1 aromatic rings. The van der Waals surface area contributed by atoms with Gasteiger partial charge in [-0.3, -0.25) is 4.79 Å². The zero-order valence-electron chi connectivity index (χ0n) is 7.24. The van der Waals surface area contributed by atoms with Crippen LogP contribution in [0.4, 0.5) is 0 Å². The van der Waals surface area contributed by atoms with Crippen molar-refractivity contribution in [2.45, 2.75) is 29.7 Å². The van der Waals surface area contributed by atoms with Crippen LogP contribution in [-0.4, -0.2) is 11.5 Å². The molecule has 66 valence electrons. The van der Waals surface area contributed by atoms with Crippen LogP contribution in [0.25, 0.3) is 0 Å². The third-order valence-electron chi connectivity index (χ3n) is 1.61. The van der Waals surface area contributed by atoms with E-state index in [0.717, 1.165) is 11.2 Å². The molecule has 1 aromatic heterocycles. The molecule has 1 rings (SSSR count). The number of carbonyl (C=O) groups is 1. The van der Waals surface area contributed by atoms with E-state index in [1.807, 2.05) is 23.9 Å². The number of rotatable bonds is 4. The van der Waals surface area contributed by atoms with Gasteiger partial charge in [-0.05, 0) is 18.6 Å². The number of carbonyl (C=O) groups excluding carboxylic acids is 1. The highest BCUT2D eigenvalue weighted by atomic mass is 32.2. The summed E-state index contributed by atoms with van der Waals surface area (Å²) in [5.74, 6) is 0. The lowest BCUT2D eigenvalue weighted by molar-refractivity contribution is 0.112. The molecule has 0 radical (unpaired) electrons. The second kappa shape index (κ2) is 4.67. The van der Waals surface area contributed by atoms with Gasteiger partial charge in [0.1, 0.15) is 0 Å². The summed E-state index contributed by atoms with van der Waals surface area (Å²) < 4.78 is 1.24. The topological polar surface area (TPSA) is 17.1 Å². The van der Waals surface area contributed by atoms with Crippen LogP contribution < -0.4 is 0 Å². The maximum Gasteiger partial charge on any atom is 0.160 e. The van der Waals surface area contributed by atoms with Crippen molar-refractivity contribution < 1.29 is 4.79 Å². The summed E-state index contributed by atoms with van der Waals surface area (Å²) in [6.07, 6.45) is 2.07. The second-order valence-electron chi connectivity index (χ2n) is 2.61. The number of aldehydes is 1. The van der Waals surface area contributed by atoms with E-state index in [0.29, 0.717) is 5.25 Å². The molecule has 0 aliphatic heterocycles. The van der Waals surface area contributed by atoms with Gasteiger partial charge in [0.25, 0.3) is 0 Å². The molecule has 1 atom stereocenters. The molecule has 0 amide bonds. The zero-order chi connectivity index (χ0) is 8.97. The third kappa shape index (κ3) is 2.64. The first kappa shape index (κ1) is 9.81. The minimum absolute atomic E-state index is 0.642. The van der Waals surface area contributed by atoms with E-state index in [9.17, 15) is 4.79 Å². The Balaban J connectivity index is 2.57. The van der Waals surface area contributed by atoms with E-state index < -0.39 is 0 Å². The molecule has 0 aliphatic carbocycles. The summed E-state index contributed by atoms with van der Waals surface area (Å²) >= 11 is 3.41. The lowest BCUT2D eigenvalue weighted by Gasteiger charge is -2.03. The Morgan fingerprint density at radius 1 is 1.67 bits per heavy atom. The smallest absolute Gasteiger partial charge is 0.160 e. The van der Waals surface area contributed by atoms with Crippen LogP contribution in [0, 0.1) is 0 Å². The maximum absolute atomic E-state index is 10.4. The van der Waals surface area contributed by atoms with Crippen molar-refractivity contribution in [1.82, 2.24) is 0 Å². The van der Waals surface area contributed by atoms with Gasteiger partial charge in [0.05, 0.1) is 9.09 Å². The average Bonchev–Trinajstić information content (AvgIpc) is 2.52. The molecule has 0 spiro atoms. The van der Waals surface area contributed by atoms with Gasteiger partial charge in [-0.1, -0.05) is 13.8 Å². The molecule has 0 aliphatic rings. The molecule has 0 N–H and O–H groups in total. The third-order valence-corrected chi connectivity index (χ3v) is 4.06. The van der Waals surface area contributed by atoms with Gasteiger partial charge >= 0.3 is 0 Å². The largest absolute Gasteiger partial charge is 0.297 e. The van der Waals surface area contributed by atoms with Crippen LogP contribution in [0.3, 0.4) is 0 Å². The first-order valence-corrected chi connectivity index (χ1v) is 5.67. The normalized spacial score (nSPS) is 12.8. The first-order valence-electron chi connectivity index (χ1n) is 3.98. The lowest BCUT2D eigenvalue weighted by Crippen LogP contribution is -1.89. The summed E-state index contributed by atoms with van der Waals surface area (Å²) in [6.45, 7) is 4.37. The Labute approximate surface area is 81.2 Å². The molecule has 1 heterocycles. The molecule has 0 saturated carbocycles. The minimum atomic E-state index is 0.642. The lowest BCUT2D eigenvalue weighted by atomic mass is 10.4. The van der Waals surface area contributed by atoms with Crippen molar-refractivity contribution >= 4 is 29.4 Å². The molecular formula is C9H12OS2.